The molecule has 2 fully saturated rings. The second-order valence-electron chi connectivity index (χ2n) is 8.20. The van der Waals surface area contributed by atoms with E-state index in [1.807, 2.05) is 6.07 Å². The smallest absolute Gasteiger partial charge is 0.219 e. The molecule has 0 heterocycles. The molecular weight excluding hydrogens is 337 g/mol. The largest absolute Gasteiger partial charge is 0.483 e. The fourth-order valence-electron chi connectivity index (χ4n) is 4.63. The summed E-state index contributed by atoms with van der Waals surface area (Å²) >= 11 is 0. The van der Waals surface area contributed by atoms with Crippen molar-refractivity contribution < 1.29 is 18.0 Å². The predicted molar refractivity (Wildman–Crippen MR) is 99.1 cm³/mol. The maximum Gasteiger partial charge on any atom is 0.483 e. The van der Waals surface area contributed by atoms with Gasteiger partial charge in [-0.2, -0.15) is 0 Å². The Morgan fingerprint density at radius 3 is 1.92 bits per heavy atom. The van der Waals surface area contributed by atoms with E-state index < -0.39 is 6.29 Å². The maximum atomic E-state index is 13.4. The Morgan fingerprint density at radius 2 is 1.42 bits per heavy atom. The molecule has 0 aromatic heterocycles. The Hall–Kier alpha value is -1.32. The van der Waals surface area contributed by atoms with Gasteiger partial charge in [-0.25, -0.2) is 9.18 Å². The fraction of sp³-hybridized carbons (Fsp3) is 0.682. The van der Waals surface area contributed by atoms with Gasteiger partial charge in [-0.15, -0.1) is 8.78 Å². The molecule has 0 aliphatic heterocycles. The normalized spacial score (nSPS) is 28.8. The minimum absolute atomic E-state index is 0.0776. The third-order valence-corrected chi connectivity index (χ3v) is 6.29. The average molecular weight is 368 g/mol. The summed E-state index contributed by atoms with van der Waals surface area (Å²) in [5.74, 6) is 3.44. The quantitative estimate of drug-likeness (QED) is 0.496. The molecule has 4 heteroatoms. The van der Waals surface area contributed by atoms with Crippen molar-refractivity contribution in [3.8, 4) is 0 Å². The first-order chi connectivity index (χ1) is 12.4. The third-order valence-electron chi connectivity index (χ3n) is 6.29. The minimum atomic E-state index is -2.83. The maximum absolute atomic E-state index is 13.4. The van der Waals surface area contributed by atoms with E-state index in [-0.39, 0.29) is 5.82 Å². The van der Waals surface area contributed by atoms with E-state index in [0.717, 1.165) is 17.8 Å². The van der Waals surface area contributed by atoms with Gasteiger partial charge in [0.2, 0.25) is 0 Å². The summed E-state index contributed by atoms with van der Waals surface area (Å²) in [7, 11) is 0. The highest BCUT2D eigenvalue weighted by atomic mass is 19.3. The molecule has 3 rings (SSSR count). The average Bonchev–Trinajstić information content (AvgIpc) is 2.61. The molecule has 0 radical (unpaired) electrons. The Labute approximate surface area is 155 Å². The Morgan fingerprint density at radius 1 is 0.923 bits per heavy atom. The number of benzene rings is 1. The molecule has 1 nitrogen and oxygen atoms in total. The molecule has 0 amide bonds. The van der Waals surface area contributed by atoms with Gasteiger partial charge in [0.05, 0.1) is 0 Å². The molecule has 0 saturated heterocycles. The summed E-state index contributed by atoms with van der Waals surface area (Å²) in [5.41, 5.74) is 1.22. The van der Waals surface area contributed by atoms with Gasteiger partial charge in [-0.3, -0.25) is 0 Å². The molecule has 2 aliphatic rings. The summed E-state index contributed by atoms with van der Waals surface area (Å²) in [5, 5.41) is 0. The first-order valence-electron chi connectivity index (χ1n) is 10.0. The van der Waals surface area contributed by atoms with Crippen LogP contribution in [0.3, 0.4) is 0 Å². The van der Waals surface area contributed by atoms with Gasteiger partial charge < -0.3 is 0 Å². The lowest BCUT2D eigenvalue weighted by molar-refractivity contribution is 0.199. The number of rotatable bonds is 4. The van der Waals surface area contributed by atoms with Crippen molar-refractivity contribution in [2.75, 3.05) is 0 Å². The topological polar surface area (TPSA) is 17.1 Å². The van der Waals surface area contributed by atoms with Crippen LogP contribution in [0.1, 0.15) is 82.6 Å². The van der Waals surface area contributed by atoms with Crippen LogP contribution in [-0.4, -0.2) is 6.29 Å². The third kappa shape index (κ3) is 7.51. The zero-order valence-corrected chi connectivity index (χ0v) is 15.7. The van der Waals surface area contributed by atoms with E-state index in [2.05, 4.69) is 13.0 Å². The highest BCUT2D eigenvalue weighted by Gasteiger charge is 2.24. The van der Waals surface area contributed by atoms with Crippen molar-refractivity contribution in [2.24, 2.45) is 17.8 Å². The van der Waals surface area contributed by atoms with Crippen LogP contribution < -0.4 is 0 Å². The van der Waals surface area contributed by atoms with Crippen LogP contribution in [0.15, 0.2) is 24.3 Å². The lowest BCUT2D eigenvalue weighted by atomic mass is 9.74. The molecule has 0 N–H and O–H groups in total. The van der Waals surface area contributed by atoms with E-state index >= 15 is 0 Å². The zero-order chi connectivity index (χ0) is 18.9. The molecule has 146 valence electrons. The van der Waals surface area contributed by atoms with Gasteiger partial charge in [0.1, 0.15) is 5.82 Å². The molecule has 0 unspecified atom stereocenters. The Kier molecular flexibility index (Phi) is 8.67. The van der Waals surface area contributed by atoms with Gasteiger partial charge in [0, 0.05) is 0 Å². The fourth-order valence-corrected chi connectivity index (χ4v) is 4.63. The van der Waals surface area contributed by atoms with Crippen LogP contribution in [0.4, 0.5) is 18.0 Å². The van der Waals surface area contributed by atoms with Gasteiger partial charge in [-0.05, 0) is 67.1 Å². The van der Waals surface area contributed by atoms with Crippen molar-refractivity contribution in [1.29, 1.82) is 0 Å². The van der Waals surface area contributed by atoms with Crippen LogP contribution in [0.5, 0.6) is 0 Å². The minimum Gasteiger partial charge on any atom is -0.219 e. The first-order valence-corrected chi connectivity index (χ1v) is 10.0. The highest BCUT2D eigenvalue weighted by Crippen LogP contribution is 2.39. The summed E-state index contributed by atoms with van der Waals surface area (Å²) in [6.07, 6.45) is 11.1. The van der Waals surface area contributed by atoms with Crippen LogP contribution in [0.2, 0.25) is 0 Å². The van der Waals surface area contributed by atoms with Crippen LogP contribution in [0, 0.1) is 23.6 Å². The van der Waals surface area contributed by atoms with E-state index in [1.54, 1.807) is 12.1 Å². The zero-order valence-electron chi connectivity index (χ0n) is 15.7. The summed E-state index contributed by atoms with van der Waals surface area (Å²) in [6.45, 7) is 2.41. The van der Waals surface area contributed by atoms with Gasteiger partial charge in [-0.1, -0.05) is 57.6 Å². The van der Waals surface area contributed by atoms with Crippen molar-refractivity contribution in [2.45, 2.75) is 77.0 Å². The van der Waals surface area contributed by atoms with Gasteiger partial charge >= 0.3 is 6.29 Å². The van der Waals surface area contributed by atoms with Crippen molar-refractivity contribution >= 4 is 6.29 Å². The molecule has 2 aliphatic carbocycles. The van der Waals surface area contributed by atoms with Gasteiger partial charge in [0.25, 0.3) is 0 Å². The van der Waals surface area contributed by atoms with Gasteiger partial charge in [0.15, 0.2) is 0 Å². The Bertz CT molecular complexity index is 540. The number of hydrogen-bond acceptors (Lipinski definition) is 1. The summed E-state index contributed by atoms with van der Waals surface area (Å²) in [6, 6.07) is 7.27. The Balaban J connectivity index is 0.000000552. The van der Waals surface area contributed by atoms with Crippen LogP contribution >= 0.6 is 0 Å². The second-order valence-corrected chi connectivity index (χ2v) is 8.20. The lowest BCUT2D eigenvalue weighted by Crippen LogP contribution is -2.17. The number of carbonyl (C=O) groups excluding carboxylic acids is 1. The standard InChI is InChI=1S/C21H31F.CF2O/c1-16-5-7-17(8-6-16)9-10-18-11-13-19(14-12-18)20-3-2-4-21(22)15-20;2-1(3)4/h2-4,15-19H,5-14H2,1H3;. The molecule has 26 heavy (non-hydrogen) atoms. The molecule has 1 aromatic rings. The molecule has 1 aromatic carbocycles. The van der Waals surface area contributed by atoms with Crippen molar-refractivity contribution in [1.82, 2.24) is 0 Å². The number of carbonyl (C=O) groups is 1. The summed E-state index contributed by atoms with van der Waals surface area (Å²) < 4.78 is 32.7. The molecule has 0 bridgehead atoms. The van der Waals surface area contributed by atoms with E-state index in [1.165, 1.54) is 69.8 Å². The highest BCUT2D eigenvalue weighted by molar-refractivity contribution is 5.55. The number of hydrogen-bond donors (Lipinski definition) is 0. The van der Waals surface area contributed by atoms with Crippen LogP contribution in [-0.2, 0) is 0 Å². The first kappa shape index (κ1) is 21.0. The second kappa shape index (κ2) is 10.7. The predicted octanol–water partition coefficient (Wildman–Crippen LogP) is 7.75. The SMILES string of the molecule is CC1CCC(CCC2CCC(c3cccc(F)c3)CC2)CC1.O=C(F)F. The van der Waals surface area contributed by atoms with E-state index in [9.17, 15) is 13.2 Å². The van der Waals surface area contributed by atoms with Crippen molar-refractivity contribution in [3.63, 3.8) is 0 Å². The monoisotopic (exact) mass is 368 g/mol. The number of halogens is 3. The lowest BCUT2D eigenvalue weighted by Gasteiger charge is -2.31. The summed E-state index contributed by atoms with van der Waals surface area (Å²) in [4.78, 5) is 8.11. The molecule has 2 saturated carbocycles. The van der Waals surface area contributed by atoms with Crippen molar-refractivity contribution in [3.05, 3.63) is 35.6 Å². The molecule has 0 spiro atoms. The molecule has 0 atom stereocenters. The van der Waals surface area contributed by atoms with Crippen LogP contribution in [0.25, 0.3) is 0 Å². The molecular formula is C22H31F3O. The van der Waals surface area contributed by atoms with E-state index in [4.69, 9.17) is 4.79 Å². The van der Waals surface area contributed by atoms with E-state index in [0.29, 0.717) is 5.92 Å².